The van der Waals surface area contributed by atoms with Crippen molar-refractivity contribution in [3.63, 3.8) is 0 Å². The summed E-state index contributed by atoms with van der Waals surface area (Å²) in [5.41, 5.74) is 6.09. The highest BCUT2D eigenvalue weighted by Crippen LogP contribution is 2.50. The Bertz CT molecular complexity index is 1300. The van der Waals surface area contributed by atoms with Gasteiger partial charge in [-0.05, 0) is 50.3 Å². The standard InChI is InChI=1S/C29H19BrOS/c30-27-28(31)24-19-11-10-18-23(24)26(29(27)32-22-16-8-3-9-17-22)25(20-12-4-1-5-13-20)21-14-6-2-7-15-21/h1-19H. The Balaban J connectivity index is 1.87. The summed E-state index contributed by atoms with van der Waals surface area (Å²) in [7, 11) is 0. The Morgan fingerprint density at radius 3 is 1.62 bits per heavy atom. The number of Topliss-reactive ketones (excluding diaryl/α,β-unsaturated/α-hetero) is 1. The lowest BCUT2D eigenvalue weighted by Crippen LogP contribution is -2.13. The van der Waals surface area contributed by atoms with E-state index in [1.54, 1.807) is 11.8 Å². The summed E-state index contributed by atoms with van der Waals surface area (Å²) in [5.74, 6) is 0.0169. The molecule has 3 heteroatoms. The van der Waals surface area contributed by atoms with Gasteiger partial charge in [0.25, 0.3) is 0 Å². The van der Waals surface area contributed by atoms with E-state index in [-0.39, 0.29) is 5.78 Å². The van der Waals surface area contributed by atoms with E-state index in [2.05, 4.69) is 82.7 Å². The van der Waals surface area contributed by atoms with Crippen molar-refractivity contribution in [2.45, 2.75) is 4.90 Å². The third-order valence-corrected chi connectivity index (χ3v) is 7.54. The highest BCUT2D eigenvalue weighted by molar-refractivity contribution is 9.12. The summed E-state index contributed by atoms with van der Waals surface area (Å²) in [6.45, 7) is 0. The maximum absolute atomic E-state index is 13.3. The van der Waals surface area contributed by atoms with E-state index < -0.39 is 0 Å². The number of rotatable bonds is 4. The second-order valence-electron chi connectivity index (χ2n) is 7.41. The van der Waals surface area contributed by atoms with Gasteiger partial charge in [0.05, 0.1) is 4.48 Å². The molecule has 0 N–H and O–H groups in total. The van der Waals surface area contributed by atoms with Gasteiger partial charge in [-0.25, -0.2) is 0 Å². The molecule has 0 saturated carbocycles. The SMILES string of the molecule is O=C1C(Br)=C(Sc2ccccc2)C(=C(c2ccccc2)c2ccccc2)c2ccccc21. The molecule has 5 rings (SSSR count). The van der Waals surface area contributed by atoms with Gasteiger partial charge in [-0.2, -0.15) is 0 Å². The zero-order chi connectivity index (χ0) is 21.9. The normalized spacial score (nSPS) is 13.2. The van der Waals surface area contributed by atoms with Crippen LogP contribution in [0.5, 0.6) is 0 Å². The molecular weight excluding hydrogens is 476 g/mol. The van der Waals surface area contributed by atoms with E-state index >= 15 is 0 Å². The maximum Gasteiger partial charge on any atom is 0.201 e. The molecule has 32 heavy (non-hydrogen) atoms. The number of hydrogen-bond donors (Lipinski definition) is 0. The van der Waals surface area contributed by atoms with Gasteiger partial charge in [-0.1, -0.05) is 115 Å². The third kappa shape index (κ3) is 3.90. The van der Waals surface area contributed by atoms with Crippen LogP contribution in [0.2, 0.25) is 0 Å². The Morgan fingerprint density at radius 2 is 1.06 bits per heavy atom. The Hall–Kier alpha value is -3.14. The van der Waals surface area contributed by atoms with E-state index in [0.717, 1.165) is 43.2 Å². The van der Waals surface area contributed by atoms with Gasteiger partial charge in [0.2, 0.25) is 5.78 Å². The summed E-state index contributed by atoms with van der Waals surface area (Å²) in [5, 5.41) is 0. The lowest BCUT2D eigenvalue weighted by atomic mass is 9.84. The molecule has 0 radical (unpaired) electrons. The summed E-state index contributed by atoms with van der Waals surface area (Å²) < 4.78 is 0.601. The lowest BCUT2D eigenvalue weighted by molar-refractivity contribution is 0.104. The molecule has 0 atom stereocenters. The van der Waals surface area contributed by atoms with Gasteiger partial charge in [0.15, 0.2) is 0 Å². The molecule has 1 aliphatic rings. The van der Waals surface area contributed by atoms with E-state index in [4.69, 9.17) is 0 Å². The Kier molecular flexibility index (Phi) is 5.93. The second-order valence-corrected chi connectivity index (χ2v) is 9.29. The molecule has 0 unspecified atom stereocenters. The van der Waals surface area contributed by atoms with Crippen LogP contribution in [-0.4, -0.2) is 5.78 Å². The van der Waals surface area contributed by atoms with Gasteiger partial charge in [-0.3, -0.25) is 4.79 Å². The monoisotopic (exact) mass is 494 g/mol. The van der Waals surface area contributed by atoms with E-state index in [1.165, 1.54) is 0 Å². The van der Waals surface area contributed by atoms with Gasteiger partial charge in [0.1, 0.15) is 0 Å². The first kappa shape index (κ1) is 20.7. The second kappa shape index (κ2) is 9.15. The Morgan fingerprint density at radius 1 is 0.594 bits per heavy atom. The van der Waals surface area contributed by atoms with Crippen LogP contribution >= 0.6 is 27.7 Å². The van der Waals surface area contributed by atoms with Crippen LogP contribution in [-0.2, 0) is 0 Å². The molecule has 0 aromatic heterocycles. The molecule has 0 bridgehead atoms. The first-order chi connectivity index (χ1) is 15.7. The molecule has 0 saturated heterocycles. The zero-order valence-electron chi connectivity index (χ0n) is 17.2. The van der Waals surface area contributed by atoms with Crippen molar-refractivity contribution in [2.24, 2.45) is 0 Å². The minimum absolute atomic E-state index is 0.0169. The first-order valence-corrected chi connectivity index (χ1v) is 12.0. The van der Waals surface area contributed by atoms with Crippen molar-refractivity contribution < 1.29 is 4.79 Å². The smallest absolute Gasteiger partial charge is 0.201 e. The molecule has 1 nitrogen and oxygen atoms in total. The number of carbonyl (C=O) groups excluding carboxylic acids is 1. The van der Waals surface area contributed by atoms with Crippen LogP contribution in [0.15, 0.2) is 130 Å². The molecule has 0 aliphatic heterocycles. The summed E-state index contributed by atoms with van der Waals surface area (Å²) in [4.78, 5) is 15.3. The predicted molar refractivity (Wildman–Crippen MR) is 138 cm³/mol. The quantitative estimate of drug-likeness (QED) is 0.284. The fourth-order valence-corrected chi connectivity index (χ4v) is 5.65. The maximum atomic E-state index is 13.3. The summed E-state index contributed by atoms with van der Waals surface area (Å²) >= 11 is 5.30. The van der Waals surface area contributed by atoms with Crippen molar-refractivity contribution in [1.82, 2.24) is 0 Å². The molecule has 1 aliphatic carbocycles. The number of ketones is 1. The first-order valence-electron chi connectivity index (χ1n) is 10.4. The van der Waals surface area contributed by atoms with E-state index in [1.807, 2.05) is 48.5 Å². The van der Waals surface area contributed by atoms with Crippen molar-refractivity contribution in [2.75, 3.05) is 0 Å². The molecule has 4 aromatic carbocycles. The number of hydrogen-bond acceptors (Lipinski definition) is 2. The number of thioether (sulfide) groups is 1. The minimum Gasteiger partial charge on any atom is -0.288 e. The number of benzene rings is 4. The van der Waals surface area contributed by atoms with Crippen molar-refractivity contribution in [3.8, 4) is 0 Å². The van der Waals surface area contributed by atoms with Gasteiger partial charge >= 0.3 is 0 Å². The topological polar surface area (TPSA) is 17.1 Å². The largest absolute Gasteiger partial charge is 0.288 e. The van der Waals surface area contributed by atoms with Gasteiger partial charge in [0, 0.05) is 20.9 Å². The minimum atomic E-state index is 0.0169. The van der Waals surface area contributed by atoms with Gasteiger partial charge < -0.3 is 0 Å². The molecule has 0 fully saturated rings. The average Bonchev–Trinajstić information content (AvgIpc) is 2.86. The van der Waals surface area contributed by atoms with Crippen LogP contribution in [0.3, 0.4) is 0 Å². The lowest BCUT2D eigenvalue weighted by Gasteiger charge is -2.26. The third-order valence-electron chi connectivity index (χ3n) is 5.40. The molecule has 0 heterocycles. The molecule has 4 aromatic rings. The fraction of sp³-hybridized carbons (Fsp3) is 0. The molecule has 0 amide bonds. The number of carbonyl (C=O) groups is 1. The van der Waals surface area contributed by atoms with Crippen molar-refractivity contribution >= 4 is 44.6 Å². The zero-order valence-corrected chi connectivity index (χ0v) is 19.6. The van der Waals surface area contributed by atoms with E-state index in [0.29, 0.717) is 4.48 Å². The van der Waals surface area contributed by atoms with Crippen LogP contribution in [0.4, 0.5) is 0 Å². The molecular formula is C29H19BrOS. The van der Waals surface area contributed by atoms with Crippen LogP contribution in [0.1, 0.15) is 27.0 Å². The fourth-order valence-electron chi connectivity index (χ4n) is 3.97. The Labute approximate surface area is 200 Å². The summed E-state index contributed by atoms with van der Waals surface area (Å²) in [6.07, 6.45) is 0. The number of allylic oxidation sites excluding steroid dienone is 2. The highest BCUT2D eigenvalue weighted by Gasteiger charge is 2.31. The predicted octanol–water partition coefficient (Wildman–Crippen LogP) is 8.24. The van der Waals surface area contributed by atoms with Gasteiger partial charge in [-0.15, -0.1) is 0 Å². The molecule has 154 valence electrons. The molecule has 0 spiro atoms. The number of halogens is 1. The van der Waals surface area contributed by atoms with Crippen molar-refractivity contribution in [1.29, 1.82) is 0 Å². The highest BCUT2D eigenvalue weighted by atomic mass is 79.9. The van der Waals surface area contributed by atoms with E-state index in [9.17, 15) is 4.79 Å². The van der Waals surface area contributed by atoms with Crippen LogP contribution in [0.25, 0.3) is 11.1 Å². The van der Waals surface area contributed by atoms with Crippen molar-refractivity contribution in [3.05, 3.63) is 147 Å². The van der Waals surface area contributed by atoms with Crippen LogP contribution in [0, 0.1) is 0 Å². The number of fused-ring (bicyclic) bond motifs is 1. The van der Waals surface area contributed by atoms with Crippen LogP contribution < -0.4 is 0 Å². The summed E-state index contributed by atoms with van der Waals surface area (Å²) in [6, 6.07) is 38.9. The average molecular weight is 495 g/mol.